The van der Waals surface area contributed by atoms with Gasteiger partial charge in [0.1, 0.15) is 0 Å². The van der Waals surface area contributed by atoms with E-state index in [9.17, 15) is 4.79 Å². The molecule has 82 valence electrons. The van der Waals surface area contributed by atoms with Crippen molar-refractivity contribution in [1.82, 2.24) is 15.1 Å². The van der Waals surface area contributed by atoms with Crippen molar-refractivity contribution in [3.8, 4) is 0 Å². The number of carbonyl (C=O) groups excluding carboxylic acids is 1. The summed E-state index contributed by atoms with van der Waals surface area (Å²) in [5.41, 5.74) is 0.158. The Bertz CT molecular complexity index is 213. The molecule has 0 saturated carbocycles. The van der Waals surface area contributed by atoms with Gasteiger partial charge in [-0.05, 0) is 19.5 Å². The van der Waals surface area contributed by atoms with Gasteiger partial charge in [0.05, 0.1) is 13.2 Å². The normalized spacial score (nSPS) is 18.4. The number of hydrogen-bond acceptors (Lipinski definition) is 3. The first-order valence-corrected chi connectivity index (χ1v) is 5.04. The highest BCUT2D eigenvalue weighted by Gasteiger charge is 2.27. The van der Waals surface area contributed by atoms with Gasteiger partial charge in [0, 0.05) is 13.1 Å². The Morgan fingerprint density at radius 3 is 2.57 bits per heavy atom. The van der Waals surface area contributed by atoms with Gasteiger partial charge in [-0.25, -0.2) is 0 Å². The Kier molecular flexibility index (Phi) is 3.50. The van der Waals surface area contributed by atoms with E-state index in [1.54, 1.807) is 0 Å². The Labute approximate surface area is 86.2 Å². The molecule has 0 aromatic rings. The molecule has 0 aromatic carbocycles. The van der Waals surface area contributed by atoms with E-state index in [1.165, 1.54) is 0 Å². The first-order valence-electron chi connectivity index (χ1n) is 5.04. The first kappa shape index (κ1) is 11.5. The van der Waals surface area contributed by atoms with Crippen molar-refractivity contribution in [3.63, 3.8) is 0 Å². The van der Waals surface area contributed by atoms with Crippen LogP contribution in [-0.2, 0) is 4.79 Å². The van der Waals surface area contributed by atoms with E-state index in [0.29, 0.717) is 13.2 Å². The molecule has 0 unspecified atom stereocenters. The molecule has 0 spiro atoms. The summed E-state index contributed by atoms with van der Waals surface area (Å²) in [5.74, 6) is 0.219. The average molecular weight is 199 g/mol. The van der Waals surface area contributed by atoms with Gasteiger partial charge in [-0.15, -0.1) is 0 Å². The lowest BCUT2D eigenvalue weighted by Gasteiger charge is -2.32. The molecule has 4 heteroatoms. The van der Waals surface area contributed by atoms with E-state index < -0.39 is 0 Å². The van der Waals surface area contributed by atoms with Gasteiger partial charge in [-0.2, -0.15) is 0 Å². The molecule has 1 rings (SSSR count). The molecule has 1 saturated heterocycles. The van der Waals surface area contributed by atoms with Crippen LogP contribution in [0.1, 0.15) is 13.8 Å². The van der Waals surface area contributed by atoms with Crippen LogP contribution in [0, 0.1) is 5.41 Å². The van der Waals surface area contributed by atoms with Gasteiger partial charge in [-0.3, -0.25) is 10.1 Å². The van der Waals surface area contributed by atoms with Crippen molar-refractivity contribution < 1.29 is 4.79 Å². The molecular weight excluding hydrogens is 178 g/mol. The summed E-state index contributed by atoms with van der Waals surface area (Å²) in [7, 11) is 4.12. The largest absolute Gasteiger partial charge is 0.328 e. The predicted octanol–water partition coefficient (Wildman–Crippen LogP) is -0.0365. The summed E-state index contributed by atoms with van der Waals surface area (Å²) in [5, 5.41) is 3.06. The first-order chi connectivity index (χ1) is 6.41. The second kappa shape index (κ2) is 4.28. The van der Waals surface area contributed by atoms with E-state index in [-0.39, 0.29) is 11.3 Å². The molecule has 1 N–H and O–H groups in total. The monoisotopic (exact) mass is 199 g/mol. The van der Waals surface area contributed by atoms with Crippen LogP contribution in [0.15, 0.2) is 0 Å². The lowest BCUT2D eigenvalue weighted by atomic mass is 9.92. The summed E-state index contributed by atoms with van der Waals surface area (Å²) in [6.45, 7) is 7.42. The van der Waals surface area contributed by atoms with Crippen molar-refractivity contribution in [2.45, 2.75) is 13.8 Å². The zero-order valence-electron chi connectivity index (χ0n) is 9.63. The lowest BCUT2D eigenvalue weighted by Crippen LogP contribution is -2.41. The molecule has 1 fully saturated rings. The van der Waals surface area contributed by atoms with Gasteiger partial charge in [0.15, 0.2) is 0 Å². The Morgan fingerprint density at radius 1 is 1.50 bits per heavy atom. The quantitative estimate of drug-likeness (QED) is 0.690. The van der Waals surface area contributed by atoms with Crippen molar-refractivity contribution in [2.75, 3.05) is 40.4 Å². The zero-order chi connectivity index (χ0) is 10.8. The topological polar surface area (TPSA) is 35.6 Å². The summed E-state index contributed by atoms with van der Waals surface area (Å²) < 4.78 is 0. The summed E-state index contributed by atoms with van der Waals surface area (Å²) >= 11 is 0. The smallest absolute Gasteiger partial charge is 0.237 e. The summed E-state index contributed by atoms with van der Waals surface area (Å²) in [6, 6.07) is 0. The Hall–Kier alpha value is -0.610. The molecule has 1 aliphatic heterocycles. The van der Waals surface area contributed by atoms with Crippen molar-refractivity contribution >= 4 is 5.91 Å². The summed E-state index contributed by atoms with van der Waals surface area (Å²) in [4.78, 5) is 15.4. The molecular formula is C10H21N3O. The number of carbonyl (C=O) groups is 1. The van der Waals surface area contributed by atoms with Crippen molar-refractivity contribution in [3.05, 3.63) is 0 Å². The number of nitrogens with one attached hydrogen (secondary N) is 1. The molecule has 1 aliphatic rings. The fourth-order valence-corrected chi connectivity index (χ4v) is 2.06. The maximum absolute atomic E-state index is 11.4. The number of amides is 1. The third-order valence-electron chi connectivity index (χ3n) is 2.29. The minimum absolute atomic E-state index is 0.158. The van der Waals surface area contributed by atoms with E-state index >= 15 is 0 Å². The third kappa shape index (κ3) is 3.27. The van der Waals surface area contributed by atoms with Gasteiger partial charge < -0.3 is 9.80 Å². The molecule has 1 heterocycles. The van der Waals surface area contributed by atoms with Gasteiger partial charge in [0.2, 0.25) is 5.91 Å². The predicted molar refractivity (Wildman–Crippen MR) is 56.9 cm³/mol. The van der Waals surface area contributed by atoms with E-state index in [2.05, 4.69) is 38.2 Å². The highest BCUT2D eigenvalue weighted by Crippen LogP contribution is 2.18. The Morgan fingerprint density at radius 2 is 2.14 bits per heavy atom. The molecule has 4 nitrogen and oxygen atoms in total. The maximum Gasteiger partial charge on any atom is 0.237 e. The van der Waals surface area contributed by atoms with E-state index in [1.807, 2.05) is 4.90 Å². The fraction of sp³-hybridized carbons (Fsp3) is 0.900. The van der Waals surface area contributed by atoms with Crippen LogP contribution in [0.2, 0.25) is 0 Å². The van der Waals surface area contributed by atoms with Gasteiger partial charge in [-0.1, -0.05) is 13.8 Å². The average Bonchev–Trinajstić information content (AvgIpc) is 2.32. The van der Waals surface area contributed by atoms with E-state index in [4.69, 9.17) is 0 Å². The molecule has 0 atom stereocenters. The van der Waals surface area contributed by atoms with Crippen LogP contribution >= 0.6 is 0 Å². The maximum atomic E-state index is 11.4. The highest BCUT2D eigenvalue weighted by molar-refractivity contribution is 5.80. The van der Waals surface area contributed by atoms with Crippen LogP contribution in [0.5, 0.6) is 0 Å². The molecule has 1 amide bonds. The van der Waals surface area contributed by atoms with E-state index in [0.717, 1.165) is 13.1 Å². The second-order valence-corrected chi connectivity index (χ2v) is 5.08. The van der Waals surface area contributed by atoms with Crippen LogP contribution in [-0.4, -0.2) is 56.1 Å². The number of hydrogen-bond donors (Lipinski definition) is 1. The minimum Gasteiger partial charge on any atom is -0.328 e. The Balaban J connectivity index is 2.45. The fourth-order valence-electron chi connectivity index (χ4n) is 2.06. The van der Waals surface area contributed by atoms with Crippen LogP contribution < -0.4 is 5.32 Å². The van der Waals surface area contributed by atoms with Crippen LogP contribution in [0.4, 0.5) is 0 Å². The molecule has 0 bridgehead atoms. The standard InChI is InChI=1S/C10H21N3O/c1-10(2,6-12(3)4)7-13-8-11-5-9(13)14/h11H,5-8H2,1-4H3. The SMILES string of the molecule is CN(C)CC(C)(C)CN1CNCC1=O. The van der Waals surface area contributed by atoms with Crippen LogP contribution in [0.3, 0.4) is 0 Å². The molecule has 14 heavy (non-hydrogen) atoms. The number of nitrogens with zero attached hydrogens (tertiary/aromatic N) is 2. The van der Waals surface area contributed by atoms with Crippen LogP contribution in [0.25, 0.3) is 0 Å². The van der Waals surface area contributed by atoms with Crippen molar-refractivity contribution in [2.24, 2.45) is 5.41 Å². The summed E-state index contributed by atoms with van der Waals surface area (Å²) in [6.07, 6.45) is 0. The second-order valence-electron chi connectivity index (χ2n) is 5.08. The van der Waals surface area contributed by atoms with Gasteiger partial charge in [0.25, 0.3) is 0 Å². The minimum atomic E-state index is 0.158. The lowest BCUT2D eigenvalue weighted by molar-refractivity contribution is -0.127. The highest BCUT2D eigenvalue weighted by atomic mass is 16.2. The van der Waals surface area contributed by atoms with Gasteiger partial charge >= 0.3 is 0 Å². The molecule has 0 aliphatic carbocycles. The number of rotatable bonds is 4. The van der Waals surface area contributed by atoms with Crippen molar-refractivity contribution in [1.29, 1.82) is 0 Å². The molecule has 0 aromatic heterocycles. The third-order valence-corrected chi connectivity index (χ3v) is 2.29. The zero-order valence-corrected chi connectivity index (χ0v) is 9.63. The molecule has 0 radical (unpaired) electrons.